The van der Waals surface area contributed by atoms with E-state index in [2.05, 4.69) is 75.9 Å². The van der Waals surface area contributed by atoms with E-state index in [0.717, 1.165) is 25.9 Å². The Morgan fingerprint density at radius 2 is 1.17 bits per heavy atom. The summed E-state index contributed by atoms with van der Waals surface area (Å²) in [5.74, 6) is 1.24. The van der Waals surface area contributed by atoms with Gasteiger partial charge in [-0.3, -0.25) is 15.2 Å². The van der Waals surface area contributed by atoms with E-state index in [1.54, 1.807) is 0 Å². The average molecular weight is 320 g/mol. The number of nitrogens with one attached hydrogen (secondary N) is 2. The van der Waals surface area contributed by atoms with Crippen LogP contribution in [0, 0.1) is 0 Å². The normalized spacial score (nSPS) is 23.2. The molecule has 0 saturated heterocycles. The minimum absolute atomic E-state index is 0.529. The molecule has 2 heterocycles. The van der Waals surface area contributed by atoms with Crippen LogP contribution in [0.1, 0.15) is 24.0 Å². The Labute approximate surface area is 144 Å². The molecule has 2 aliphatic rings. The molecule has 4 rings (SSSR count). The van der Waals surface area contributed by atoms with Gasteiger partial charge < -0.3 is 0 Å². The first-order valence-corrected chi connectivity index (χ1v) is 9.09. The molecule has 2 aromatic carbocycles. The molecule has 0 aliphatic carbocycles. The molecule has 124 valence electrons. The smallest absolute Gasteiger partial charge is 0.275 e. The molecule has 0 fully saturated rings. The van der Waals surface area contributed by atoms with E-state index in [1.165, 1.54) is 29.9 Å². The SMILES string of the molecule is c1ccc(C[C@H]2CC[N+]3=C(N2)N[C@@H](Cc2ccccc2)CC3)cc1. The van der Waals surface area contributed by atoms with Crippen molar-refractivity contribution in [3.63, 3.8) is 0 Å². The predicted octanol–water partition coefficient (Wildman–Crippen LogP) is 2.56. The lowest BCUT2D eigenvalue weighted by Gasteiger charge is -2.31. The molecule has 24 heavy (non-hydrogen) atoms. The van der Waals surface area contributed by atoms with Gasteiger partial charge in [-0.2, -0.15) is 0 Å². The molecule has 0 bridgehead atoms. The highest BCUT2D eigenvalue weighted by Gasteiger charge is 2.31. The van der Waals surface area contributed by atoms with Crippen molar-refractivity contribution in [2.75, 3.05) is 13.1 Å². The monoisotopic (exact) mass is 320 g/mol. The van der Waals surface area contributed by atoms with E-state index in [4.69, 9.17) is 0 Å². The van der Waals surface area contributed by atoms with Crippen molar-refractivity contribution in [3.05, 3.63) is 71.8 Å². The zero-order valence-corrected chi connectivity index (χ0v) is 14.1. The van der Waals surface area contributed by atoms with Crippen molar-refractivity contribution in [2.45, 2.75) is 37.8 Å². The molecular weight excluding hydrogens is 294 g/mol. The third-order valence-electron chi connectivity index (χ3n) is 5.14. The number of hydrogen-bond donors (Lipinski definition) is 2. The Hall–Kier alpha value is -2.29. The van der Waals surface area contributed by atoms with Gasteiger partial charge >= 0.3 is 5.96 Å². The van der Waals surface area contributed by atoms with Gasteiger partial charge in [-0.15, -0.1) is 0 Å². The molecule has 0 radical (unpaired) electrons. The molecule has 0 saturated carbocycles. The summed E-state index contributed by atoms with van der Waals surface area (Å²) in [6.07, 6.45) is 4.62. The molecule has 0 spiro atoms. The zero-order chi connectivity index (χ0) is 16.2. The lowest BCUT2D eigenvalue weighted by Crippen LogP contribution is -2.60. The summed E-state index contributed by atoms with van der Waals surface area (Å²) in [5.41, 5.74) is 2.83. The Balaban J connectivity index is 1.38. The van der Waals surface area contributed by atoms with Gasteiger partial charge in [-0.1, -0.05) is 60.7 Å². The largest absolute Gasteiger partial charge is 0.346 e. The number of guanidine groups is 1. The van der Waals surface area contributed by atoms with Crippen LogP contribution in [0.3, 0.4) is 0 Å². The summed E-state index contributed by atoms with van der Waals surface area (Å²) < 4.78 is 2.48. The van der Waals surface area contributed by atoms with Crippen LogP contribution in [0.25, 0.3) is 0 Å². The first kappa shape index (κ1) is 15.3. The van der Waals surface area contributed by atoms with Gasteiger partial charge in [0.1, 0.15) is 0 Å². The van der Waals surface area contributed by atoms with Crippen LogP contribution < -0.4 is 10.6 Å². The zero-order valence-electron chi connectivity index (χ0n) is 14.1. The number of benzene rings is 2. The van der Waals surface area contributed by atoms with Crippen LogP contribution in [0.2, 0.25) is 0 Å². The number of nitrogens with zero attached hydrogens (tertiary/aromatic N) is 1. The minimum atomic E-state index is 0.529. The Morgan fingerprint density at radius 1 is 0.708 bits per heavy atom. The van der Waals surface area contributed by atoms with Gasteiger partial charge in [-0.25, -0.2) is 0 Å². The van der Waals surface area contributed by atoms with E-state index >= 15 is 0 Å². The van der Waals surface area contributed by atoms with Crippen molar-refractivity contribution in [2.24, 2.45) is 0 Å². The summed E-state index contributed by atoms with van der Waals surface area (Å²) in [4.78, 5) is 0. The summed E-state index contributed by atoms with van der Waals surface area (Å²) in [7, 11) is 0. The van der Waals surface area contributed by atoms with Gasteiger partial charge in [0, 0.05) is 25.7 Å². The van der Waals surface area contributed by atoms with Gasteiger partial charge in [-0.05, 0) is 11.1 Å². The fourth-order valence-corrected chi connectivity index (χ4v) is 3.82. The van der Waals surface area contributed by atoms with Crippen molar-refractivity contribution in [1.82, 2.24) is 10.6 Å². The molecule has 0 amide bonds. The van der Waals surface area contributed by atoms with E-state index in [1.807, 2.05) is 0 Å². The maximum atomic E-state index is 3.75. The fourth-order valence-electron chi connectivity index (χ4n) is 3.82. The molecule has 0 aromatic heterocycles. The maximum Gasteiger partial charge on any atom is 0.346 e. The fraction of sp³-hybridized carbons (Fsp3) is 0.381. The minimum Gasteiger partial charge on any atom is -0.275 e. The Kier molecular flexibility index (Phi) is 4.50. The van der Waals surface area contributed by atoms with Gasteiger partial charge in [0.2, 0.25) is 0 Å². The summed E-state index contributed by atoms with van der Waals surface area (Å²) in [6.45, 7) is 2.32. The topological polar surface area (TPSA) is 27.1 Å². The van der Waals surface area contributed by atoms with E-state index in [0.29, 0.717) is 12.1 Å². The third-order valence-corrected chi connectivity index (χ3v) is 5.14. The second-order valence-electron chi connectivity index (χ2n) is 6.97. The molecular formula is C21H26N3+. The predicted molar refractivity (Wildman–Crippen MR) is 98.4 cm³/mol. The molecule has 0 unspecified atom stereocenters. The molecule has 2 atom stereocenters. The highest BCUT2D eigenvalue weighted by molar-refractivity contribution is 5.76. The molecule has 2 aliphatic heterocycles. The van der Waals surface area contributed by atoms with Crippen molar-refractivity contribution < 1.29 is 4.58 Å². The van der Waals surface area contributed by atoms with Gasteiger partial charge in [0.25, 0.3) is 0 Å². The molecule has 2 aromatic rings. The molecule has 3 nitrogen and oxygen atoms in total. The lowest BCUT2D eigenvalue weighted by molar-refractivity contribution is -0.542. The second kappa shape index (κ2) is 7.08. The van der Waals surface area contributed by atoms with Gasteiger partial charge in [0.15, 0.2) is 0 Å². The van der Waals surface area contributed by atoms with Crippen LogP contribution >= 0.6 is 0 Å². The first-order chi connectivity index (χ1) is 11.9. The standard InChI is InChI=1S/C21H25N3/c1-3-7-17(8-4-1)15-19-11-13-24-14-12-20(23-21(24)22-19)16-18-9-5-2-6-10-18/h1-10,19-20H,11-16H2,(H,22,23)/p+1/t19-,20-/m1/s1. The van der Waals surface area contributed by atoms with E-state index < -0.39 is 0 Å². The van der Waals surface area contributed by atoms with Crippen LogP contribution in [0.4, 0.5) is 0 Å². The summed E-state index contributed by atoms with van der Waals surface area (Å²) >= 11 is 0. The molecule has 3 heteroatoms. The number of hydrogen-bond acceptors (Lipinski definition) is 2. The van der Waals surface area contributed by atoms with Crippen molar-refractivity contribution in [1.29, 1.82) is 0 Å². The molecule has 2 N–H and O–H groups in total. The number of rotatable bonds is 4. The highest BCUT2D eigenvalue weighted by Crippen LogP contribution is 2.13. The van der Waals surface area contributed by atoms with Crippen LogP contribution in [-0.4, -0.2) is 35.7 Å². The van der Waals surface area contributed by atoms with Crippen molar-refractivity contribution in [3.8, 4) is 0 Å². The van der Waals surface area contributed by atoms with Crippen LogP contribution in [-0.2, 0) is 12.8 Å². The van der Waals surface area contributed by atoms with E-state index in [9.17, 15) is 0 Å². The quantitative estimate of drug-likeness (QED) is 0.847. The Morgan fingerprint density at radius 3 is 1.62 bits per heavy atom. The highest BCUT2D eigenvalue weighted by atomic mass is 15.3. The summed E-state index contributed by atoms with van der Waals surface area (Å²) in [6, 6.07) is 22.7. The maximum absolute atomic E-state index is 3.75. The van der Waals surface area contributed by atoms with Crippen LogP contribution in [0.5, 0.6) is 0 Å². The second-order valence-corrected chi connectivity index (χ2v) is 6.97. The average Bonchev–Trinajstić information content (AvgIpc) is 2.63. The lowest BCUT2D eigenvalue weighted by atomic mass is 9.99. The van der Waals surface area contributed by atoms with Crippen molar-refractivity contribution >= 4 is 5.96 Å². The summed E-state index contributed by atoms with van der Waals surface area (Å²) in [5, 5.41) is 7.50. The van der Waals surface area contributed by atoms with Gasteiger partial charge in [0.05, 0.1) is 25.2 Å². The first-order valence-electron chi connectivity index (χ1n) is 9.09. The van der Waals surface area contributed by atoms with E-state index in [-0.39, 0.29) is 0 Å². The Bertz CT molecular complexity index is 634. The van der Waals surface area contributed by atoms with Crippen LogP contribution in [0.15, 0.2) is 60.7 Å². The third kappa shape index (κ3) is 3.61.